The number of hydrogen-bond acceptors (Lipinski definition) is 5. The molecule has 0 saturated carbocycles. The molecule has 1 aromatic heterocycles. The number of nitrogens with zero attached hydrogens (tertiary/aromatic N) is 3. The van der Waals surface area contributed by atoms with Gasteiger partial charge in [0.05, 0.1) is 4.92 Å². The zero-order valence-corrected chi connectivity index (χ0v) is 12.2. The number of aryl methyl sites for hydroxylation is 1. The first kappa shape index (κ1) is 14.9. The third-order valence-electron chi connectivity index (χ3n) is 3.11. The van der Waals surface area contributed by atoms with Crippen LogP contribution >= 0.6 is 0 Å². The SMILES string of the molecule is CCCNc1ncc([N+](=O)[O-])c(-c2cccc(CC)c2)n1. The van der Waals surface area contributed by atoms with E-state index in [1.165, 1.54) is 6.20 Å². The van der Waals surface area contributed by atoms with Gasteiger partial charge in [-0.3, -0.25) is 10.1 Å². The van der Waals surface area contributed by atoms with Crippen LogP contribution in [0.25, 0.3) is 11.3 Å². The van der Waals surface area contributed by atoms with Crippen molar-refractivity contribution in [2.75, 3.05) is 11.9 Å². The highest BCUT2D eigenvalue weighted by atomic mass is 16.6. The average molecular weight is 286 g/mol. The highest BCUT2D eigenvalue weighted by Crippen LogP contribution is 2.28. The zero-order valence-electron chi connectivity index (χ0n) is 12.2. The molecule has 0 aliphatic carbocycles. The van der Waals surface area contributed by atoms with Gasteiger partial charge in [0, 0.05) is 12.1 Å². The maximum absolute atomic E-state index is 11.2. The van der Waals surface area contributed by atoms with Crippen molar-refractivity contribution in [2.24, 2.45) is 0 Å². The molecule has 2 aromatic rings. The minimum atomic E-state index is -0.447. The number of aromatic nitrogens is 2. The van der Waals surface area contributed by atoms with Crippen LogP contribution in [0.2, 0.25) is 0 Å². The molecule has 2 rings (SSSR count). The summed E-state index contributed by atoms with van der Waals surface area (Å²) in [5, 5.41) is 14.2. The molecule has 1 heterocycles. The standard InChI is InChI=1S/C15H18N4O2/c1-3-8-16-15-17-10-13(19(20)21)14(18-15)12-7-5-6-11(4-2)9-12/h5-7,9-10H,3-4,8H2,1-2H3,(H,16,17,18). The van der Waals surface area contributed by atoms with Gasteiger partial charge in [0.2, 0.25) is 5.95 Å². The van der Waals surface area contributed by atoms with E-state index in [9.17, 15) is 10.1 Å². The number of benzene rings is 1. The molecule has 0 saturated heterocycles. The smallest absolute Gasteiger partial charge is 0.313 e. The molecule has 6 nitrogen and oxygen atoms in total. The van der Waals surface area contributed by atoms with Gasteiger partial charge in [0.25, 0.3) is 0 Å². The molecule has 0 aliphatic heterocycles. The van der Waals surface area contributed by atoms with Gasteiger partial charge < -0.3 is 5.32 Å². The fraction of sp³-hybridized carbons (Fsp3) is 0.333. The molecule has 0 atom stereocenters. The predicted octanol–water partition coefficient (Wildman–Crippen LogP) is 3.44. The minimum Gasteiger partial charge on any atom is -0.354 e. The molecule has 0 bridgehead atoms. The van der Waals surface area contributed by atoms with Crippen LogP contribution < -0.4 is 5.32 Å². The summed E-state index contributed by atoms with van der Waals surface area (Å²) in [7, 11) is 0. The fourth-order valence-electron chi connectivity index (χ4n) is 1.98. The van der Waals surface area contributed by atoms with E-state index in [-0.39, 0.29) is 5.69 Å². The molecule has 0 unspecified atom stereocenters. The van der Waals surface area contributed by atoms with Crippen LogP contribution in [0.5, 0.6) is 0 Å². The molecular weight excluding hydrogens is 268 g/mol. The fourth-order valence-corrected chi connectivity index (χ4v) is 1.98. The van der Waals surface area contributed by atoms with Crippen molar-refractivity contribution >= 4 is 11.6 Å². The zero-order chi connectivity index (χ0) is 15.2. The second kappa shape index (κ2) is 6.78. The van der Waals surface area contributed by atoms with Gasteiger partial charge in [-0.05, 0) is 24.5 Å². The summed E-state index contributed by atoms with van der Waals surface area (Å²) in [6, 6.07) is 7.64. The Balaban J connectivity index is 2.49. The monoisotopic (exact) mass is 286 g/mol. The third-order valence-corrected chi connectivity index (χ3v) is 3.11. The summed E-state index contributed by atoms with van der Waals surface area (Å²) in [6.07, 6.45) is 3.06. The van der Waals surface area contributed by atoms with Crippen molar-refractivity contribution in [3.05, 3.63) is 46.1 Å². The van der Waals surface area contributed by atoms with Gasteiger partial charge in [-0.2, -0.15) is 0 Å². The summed E-state index contributed by atoms with van der Waals surface area (Å²) in [6.45, 7) is 4.80. The Bertz CT molecular complexity index is 643. The number of nitrogens with one attached hydrogen (secondary N) is 1. The Kier molecular flexibility index (Phi) is 4.81. The van der Waals surface area contributed by atoms with E-state index in [4.69, 9.17) is 0 Å². The molecule has 1 N–H and O–H groups in total. The second-order valence-electron chi connectivity index (χ2n) is 4.67. The summed E-state index contributed by atoms with van der Waals surface area (Å²) >= 11 is 0. The lowest BCUT2D eigenvalue weighted by molar-refractivity contribution is -0.384. The van der Waals surface area contributed by atoms with E-state index in [1.54, 1.807) is 0 Å². The first-order chi connectivity index (χ1) is 10.2. The van der Waals surface area contributed by atoms with Gasteiger partial charge in [0.1, 0.15) is 6.20 Å². The van der Waals surface area contributed by atoms with Crippen LogP contribution in [0.4, 0.5) is 11.6 Å². The third kappa shape index (κ3) is 3.53. The lowest BCUT2D eigenvalue weighted by atomic mass is 10.1. The Morgan fingerprint density at radius 1 is 1.33 bits per heavy atom. The molecule has 0 aliphatic rings. The van der Waals surface area contributed by atoms with Crippen LogP contribution in [0.1, 0.15) is 25.8 Å². The van der Waals surface area contributed by atoms with E-state index in [0.29, 0.717) is 11.6 Å². The number of hydrogen-bond donors (Lipinski definition) is 1. The molecule has 21 heavy (non-hydrogen) atoms. The molecule has 0 radical (unpaired) electrons. The van der Waals surface area contributed by atoms with Gasteiger partial charge in [0.15, 0.2) is 5.69 Å². The molecule has 110 valence electrons. The van der Waals surface area contributed by atoms with Crippen molar-refractivity contribution in [3.63, 3.8) is 0 Å². The van der Waals surface area contributed by atoms with Crippen molar-refractivity contribution in [3.8, 4) is 11.3 Å². The molecule has 6 heteroatoms. The van der Waals surface area contributed by atoms with Crippen LogP contribution in [0, 0.1) is 10.1 Å². The van der Waals surface area contributed by atoms with Crippen LogP contribution in [-0.4, -0.2) is 21.4 Å². The number of rotatable bonds is 6. The summed E-state index contributed by atoms with van der Waals surface area (Å²) < 4.78 is 0. The highest BCUT2D eigenvalue weighted by molar-refractivity contribution is 5.70. The maximum Gasteiger partial charge on any atom is 0.313 e. The Morgan fingerprint density at radius 3 is 2.81 bits per heavy atom. The molecular formula is C15H18N4O2. The van der Waals surface area contributed by atoms with Gasteiger partial charge in [-0.1, -0.05) is 32.0 Å². The lowest BCUT2D eigenvalue weighted by Gasteiger charge is -2.07. The molecule has 1 aromatic carbocycles. The van der Waals surface area contributed by atoms with Crippen LogP contribution in [0.3, 0.4) is 0 Å². The van der Waals surface area contributed by atoms with Gasteiger partial charge >= 0.3 is 5.69 Å². The van der Waals surface area contributed by atoms with E-state index in [2.05, 4.69) is 15.3 Å². The van der Waals surface area contributed by atoms with E-state index < -0.39 is 4.92 Å². The number of nitro groups is 1. The molecule has 0 fully saturated rings. The van der Waals surface area contributed by atoms with E-state index >= 15 is 0 Å². The van der Waals surface area contributed by atoms with Gasteiger partial charge in [-0.25, -0.2) is 9.97 Å². The van der Waals surface area contributed by atoms with Crippen LogP contribution in [0.15, 0.2) is 30.5 Å². The topological polar surface area (TPSA) is 81.0 Å². The normalized spacial score (nSPS) is 10.4. The Morgan fingerprint density at radius 2 is 2.14 bits per heavy atom. The van der Waals surface area contributed by atoms with Crippen molar-refractivity contribution in [1.82, 2.24) is 9.97 Å². The predicted molar refractivity (Wildman–Crippen MR) is 82.3 cm³/mol. The Hall–Kier alpha value is -2.50. The largest absolute Gasteiger partial charge is 0.354 e. The highest BCUT2D eigenvalue weighted by Gasteiger charge is 2.19. The van der Waals surface area contributed by atoms with Crippen molar-refractivity contribution < 1.29 is 4.92 Å². The quantitative estimate of drug-likeness (QED) is 0.650. The van der Waals surface area contributed by atoms with Gasteiger partial charge in [-0.15, -0.1) is 0 Å². The van der Waals surface area contributed by atoms with E-state index in [0.717, 1.165) is 30.5 Å². The van der Waals surface area contributed by atoms with Crippen LogP contribution in [-0.2, 0) is 6.42 Å². The minimum absolute atomic E-state index is 0.0784. The summed E-state index contributed by atoms with van der Waals surface area (Å²) in [5.74, 6) is 0.416. The average Bonchev–Trinajstić information content (AvgIpc) is 2.52. The Labute approximate surface area is 123 Å². The number of anilines is 1. The van der Waals surface area contributed by atoms with E-state index in [1.807, 2.05) is 38.1 Å². The first-order valence-electron chi connectivity index (χ1n) is 7.00. The second-order valence-corrected chi connectivity index (χ2v) is 4.67. The lowest BCUT2D eigenvalue weighted by Crippen LogP contribution is -2.06. The molecule has 0 spiro atoms. The molecule has 0 amide bonds. The summed E-state index contributed by atoms with van der Waals surface area (Å²) in [5.41, 5.74) is 2.13. The van der Waals surface area contributed by atoms with Crippen molar-refractivity contribution in [1.29, 1.82) is 0 Å². The first-order valence-corrected chi connectivity index (χ1v) is 7.00. The van der Waals surface area contributed by atoms with Crippen molar-refractivity contribution in [2.45, 2.75) is 26.7 Å². The summed E-state index contributed by atoms with van der Waals surface area (Å²) in [4.78, 5) is 19.0. The maximum atomic E-state index is 11.2.